The molecule has 0 spiro atoms. The molecule has 2 heterocycles. The summed E-state index contributed by atoms with van der Waals surface area (Å²) in [6.07, 6.45) is 5.78. The van der Waals surface area contributed by atoms with Crippen LogP contribution in [0, 0.1) is 0 Å². The molecule has 0 radical (unpaired) electrons. The fraction of sp³-hybridized carbons (Fsp3) is 0. The van der Waals surface area contributed by atoms with Crippen molar-refractivity contribution in [2.75, 3.05) is 0 Å². The molecule has 0 amide bonds. The number of aromatic nitrogens is 2. The van der Waals surface area contributed by atoms with E-state index in [4.69, 9.17) is 8.83 Å². The number of rotatable bonds is 1. The van der Waals surface area contributed by atoms with Crippen LogP contribution in [-0.2, 0) is 0 Å². The van der Waals surface area contributed by atoms with E-state index in [0.29, 0.717) is 11.5 Å². The van der Waals surface area contributed by atoms with Crippen molar-refractivity contribution >= 4 is 0 Å². The second kappa shape index (κ2) is 1.98. The minimum Gasteiger partial charge on any atom is -0.451 e. The Morgan fingerprint density at radius 3 is 2.90 bits per heavy atom. The lowest BCUT2D eigenvalue weighted by Gasteiger charge is -1.80. The van der Waals surface area contributed by atoms with E-state index < -0.39 is 0 Å². The first-order chi connectivity index (χ1) is 4.97. The van der Waals surface area contributed by atoms with Crippen LogP contribution in [0.4, 0.5) is 0 Å². The van der Waals surface area contributed by atoms with Crippen LogP contribution in [0.2, 0.25) is 0 Å². The zero-order valence-electron chi connectivity index (χ0n) is 5.02. The Hall–Kier alpha value is -1.58. The van der Waals surface area contributed by atoms with Crippen molar-refractivity contribution in [1.82, 2.24) is 9.97 Å². The fourth-order valence-corrected chi connectivity index (χ4v) is 0.676. The molecule has 50 valence electrons. The summed E-state index contributed by atoms with van der Waals surface area (Å²) in [7, 11) is 0. The predicted molar refractivity (Wildman–Crippen MR) is 32.0 cm³/mol. The summed E-state index contributed by atoms with van der Waals surface area (Å²) in [5.41, 5.74) is 0.664. The fourth-order valence-electron chi connectivity index (χ4n) is 0.676. The Morgan fingerprint density at radius 2 is 2.30 bits per heavy atom. The van der Waals surface area contributed by atoms with Gasteiger partial charge in [0.1, 0.15) is 12.0 Å². The maximum Gasteiger partial charge on any atom is 0.181 e. The van der Waals surface area contributed by atoms with Gasteiger partial charge in [0.15, 0.2) is 18.5 Å². The van der Waals surface area contributed by atoms with E-state index in [2.05, 4.69) is 9.97 Å². The monoisotopic (exact) mass is 136 g/mol. The lowest BCUT2D eigenvalue weighted by Crippen LogP contribution is -1.68. The van der Waals surface area contributed by atoms with E-state index in [9.17, 15) is 0 Å². The molecule has 4 nitrogen and oxygen atoms in total. The van der Waals surface area contributed by atoms with E-state index >= 15 is 0 Å². The lowest BCUT2D eigenvalue weighted by molar-refractivity contribution is 0.554. The minimum absolute atomic E-state index is 0.619. The summed E-state index contributed by atoms with van der Waals surface area (Å²) >= 11 is 0. The van der Waals surface area contributed by atoms with Gasteiger partial charge in [-0.1, -0.05) is 0 Å². The Balaban J connectivity index is 2.48. The average molecular weight is 136 g/mol. The molecule has 0 N–H and O–H groups in total. The number of nitrogens with zero attached hydrogens (tertiary/aromatic N) is 2. The van der Waals surface area contributed by atoms with E-state index in [1.165, 1.54) is 19.1 Å². The Labute approximate surface area is 56.5 Å². The summed E-state index contributed by atoms with van der Waals surface area (Å²) in [5.74, 6) is 0.619. The van der Waals surface area contributed by atoms with Crippen molar-refractivity contribution in [3.05, 3.63) is 25.2 Å². The maximum atomic E-state index is 4.94. The van der Waals surface area contributed by atoms with Gasteiger partial charge in [0.2, 0.25) is 0 Å². The predicted octanol–water partition coefficient (Wildman–Crippen LogP) is 1.33. The average Bonchev–Trinajstić information content (AvgIpc) is 2.59. The van der Waals surface area contributed by atoms with Crippen LogP contribution < -0.4 is 0 Å². The summed E-state index contributed by atoms with van der Waals surface area (Å²) in [6, 6.07) is 0. The molecule has 0 aromatic carbocycles. The molecule has 4 heteroatoms. The normalized spacial score (nSPS) is 10.0. The molecule has 0 saturated heterocycles. The van der Waals surface area contributed by atoms with Gasteiger partial charge in [0.25, 0.3) is 0 Å². The van der Waals surface area contributed by atoms with Crippen molar-refractivity contribution in [3.63, 3.8) is 0 Å². The standard InChI is InChI=1S/C6H4N2O2/c1-6(10-3-7-1)5-2-9-4-8-5/h1-4H. The van der Waals surface area contributed by atoms with Crippen LogP contribution in [-0.4, -0.2) is 9.97 Å². The second-order valence-corrected chi connectivity index (χ2v) is 1.74. The van der Waals surface area contributed by atoms with Crippen LogP contribution in [0.15, 0.2) is 34.1 Å². The molecule has 10 heavy (non-hydrogen) atoms. The first-order valence-electron chi connectivity index (χ1n) is 2.74. The molecule has 0 aliphatic rings. The summed E-state index contributed by atoms with van der Waals surface area (Å²) in [4.78, 5) is 7.59. The van der Waals surface area contributed by atoms with Crippen LogP contribution in [0.1, 0.15) is 0 Å². The zero-order chi connectivity index (χ0) is 6.81. The van der Waals surface area contributed by atoms with Crippen LogP contribution in [0.5, 0.6) is 0 Å². The van der Waals surface area contributed by atoms with Gasteiger partial charge >= 0.3 is 0 Å². The highest BCUT2D eigenvalue weighted by Crippen LogP contribution is 2.14. The van der Waals surface area contributed by atoms with Gasteiger partial charge < -0.3 is 8.83 Å². The number of oxazole rings is 2. The van der Waals surface area contributed by atoms with Gasteiger partial charge in [-0.2, -0.15) is 0 Å². The van der Waals surface area contributed by atoms with E-state index in [-0.39, 0.29) is 0 Å². The third kappa shape index (κ3) is 0.699. The molecular formula is C6H4N2O2. The molecule has 0 aliphatic carbocycles. The lowest BCUT2D eigenvalue weighted by atomic mass is 10.4. The molecule has 0 unspecified atom stereocenters. The summed E-state index contributed by atoms with van der Waals surface area (Å²) in [6.45, 7) is 0. The van der Waals surface area contributed by atoms with E-state index in [0.717, 1.165) is 0 Å². The molecule has 0 fully saturated rings. The number of hydrogen-bond acceptors (Lipinski definition) is 4. The molecule has 0 aliphatic heterocycles. The maximum absolute atomic E-state index is 4.94. The summed E-state index contributed by atoms with van der Waals surface area (Å²) in [5, 5.41) is 0. The van der Waals surface area contributed by atoms with Gasteiger partial charge in [-0.05, 0) is 0 Å². The third-order valence-electron chi connectivity index (χ3n) is 1.12. The van der Waals surface area contributed by atoms with E-state index in [1.54, 1.807) is 6.20 Å². The quantitative estimate of drug-likeness (QED) is 0.593. The molecule has 2 aromatic rings. The van der Waals surface area contributed by atoms with Gasteiger partial charge in [0.05, 0.1) is 6.20 Å². The van der Waals surface area contributed by atoms with Crippen LogP contribution in [0.25, 0.3) is 11.5 Å². The molecule has 0 bridgehead atoms. The van der Waals surface area contributed by atoms with Crippen molar-refractivity contribution in [2.24, 2.45) is 0 Å². The van der Waals surface area contributed by atoms with Crippen molar-refractivity contribution < 1.29 is 8.83 Å². The van der Waals surface area contributed by atoms with Crippen molar-refractivity contribution in [2.45, 2.75) is 0 Å². The molecule has 0 saturated carbocycles. The van der Waals surface area contributed by atoms with Crippen molar-refractivity contribution in [3.8, 4) is 11.5 Å². The first-order valence-corrected chi connectivity index (χ1v) is 2.74. The molecular weight excluding hydrogens is 132 g/mol. The first kappa shape index (κ1) is 5.22. The highest BCUT2D eigenvalue weighted by atomic mass is 16.3. The van der Waals surface area contributed by atoms with Crippen LogP contribution >= 0.6 is 0 Å². The topological polar surface area (TPSA) is 52.1 Å². The Kier molecular flexibility index (Phi) is 1.04. The molecule has 2 aromatic heterocycles. The third-order valence-corrected chi connectivity index (χ3v) is 1.12. The van der Waals surface area contributed by atoms with Gasteiger partial charge in [-0.25, -0.2) is 9.97 Å². The minimum atomic E-state index is 0.619. The number of hydrogen-bond donors (Lipinski definition) is 0. The second-order valence-electron chi connectivity index (χ2n) is 1.74. The Morgan fingerprint density at radius 1 is 1.30 bits per heavy atom. The van der Waals surface area contributed by atoms with Crippen molar-refractivity contribution in [1.29, 1.82) is 0 Å². The largest absolute Gasteiger partial charge is 0.451 e. The molecule has 2 rings (SSSR count). The Bertz CT molecular complexity index is 253. The van der Waals surface area contributed by atoms with Gasteiger partial charge in [-0.3, -0.25) is 0 Å². The molecule has 0 atom stereocenters. The smallest absolute Gasteiger partial charge is 0.181 e. The highest BCUT2D eigenvalue weighted by molar-refractivity contribution is 5.47. The summed E-state index contributed by atoms with van der Waals surface area (Å²) < 4.78 is 9.68. The van der Waals surface area contributed by atoms with E-state index in [1.807, 2.05) is 0 Å². The van der Waals surface area contributed by atoms with Gasteiger partial charge in [0, 0.05) is 0 Å². The SMILES string of the molecule is c1nc(-c2cnco2)co1. The van der Waals surface area contributed by atoms with Gasteiger partial charge in [-0.15, -0.1) is 0 Å². The zero-order valence-corrected chi connectivity index (χ0v) is 5.02. The highest BCUT2D eigenvalue weighted by Gasteiger charge is 2.01. The van der Waals surface area contributed by atoms with Crippen LogP contribution in [0.3, 0.4) is 0 Å².